The molecular formula is C7H14N2O3. The first-order chi connectivity index (χ1) is 5.49. The summed E-state index contributed by atoms with van der Waals surface area (Å²) in [5, 5.41) is 10.8. The molecule has 0 radical (unpaired) electrons. The molecule has 5 nitrogen and oxygen atoms in total. The van der Waals surface area contributed by atoms with Crippen LogP contribution < -0.4 is 11.1 Å². The van der Waals surface area contributed by atoms with Crippen molar-refractivity contribution in [3.8, 4) is 0 Å². The quantitative estimate of drug-likeness (QED) is 0.492. The summed E-state index contributed by atoms with van der Waals surface area (Å²) in [6, 6.07) is -1.50. The highest BCUT2D eigenvalue weighted by Crippen LogP contribution is 1.89. The second-order valence-corrected chi connectivity index (χ2v) is 2.63. The Morgan fingerprint density at radius 3 is 2.42 bits per heavy atom. The molecule has 0 aliphatic rings. The van der Waals surface area contributed by atoms with Crippen LogP contribution in [-0.4, -0.2) is 29.1 Å². The fraction of sp³-hybridized carbons (Fsp3) is 0.714. The van der Waals surface area contributed by atoms with Gasteiger partial charge in [0.1, 0.15) is 0 Å². The van der Waals surface area contributed by atoms with Crippen molar-refractivity contribution in [1.29, 1.82) is 0 Å². The summed E-state index contributed by atoms with van der Waals surface area (Å²) in [7, 11) is 0. The maximum atomic E-state index is 10.9. The molecule has 2 atom stereocenters. The van der Waals surface area contributed by atoms with Gasteiger partial charge in [0.05, 0.1) is 0 Å². The molecule has 2 unspecified atom stereocenters. The van der Waals surface area contributed by atoms with Gasteiger partial charge in [-0.2, -0.15) is 0 Å². The van der Waals surface area contributed by atoms with E-state index in [1.54, 1.807) is 6.92 Å². The summed E-state index contributed by atoms with van der Waals surface area (Å²) in [6.07, 6.45) is 0.748. The summed E-state index contributed by atoms with van der Waals surface area (Å²) >= 11 is 0. The molecule has 4 N–H and O–H groups in total. The Kier molecular flexibility index (Phi) is 4.28. The molecule has 1 amide bonds. The molecule has 5 heteroatoms. The van der Waals surface area contributed by atoms with Crippen LogP contribution in [0, 0.1) is 0 Å². The Labute approximate surface area is 70.9 Å². The smallest absolute Gasteiger partial charge is 0.330 e. The average Bonchev–Trinajstić information content (AvgIpc) is 2.02. The van der Waals surface area contributed by atoms with Crippen LogP contribution in [0.15, 0.2) is 0 Å². The van der Waals surface area contributed by atoms with Crippen LogP contribution in [-0.2, 0) is 9.59 Å². The highest BCUT2D eigenvalue weighted by molar-refractivity contribution is 6.00. The second kappa shape index (κ2) is 4.71. The molecule has 0 aromatic heterocycles. The van der Waals surface area contributed by atoms with E-state index in [1.165, 1.54) is 0 Å². The molecule has 0 spiro atoms. The van der Waals surface area contributed by atoms with Gasteiger partial charge < -0.3 is 16.2 Å². The zero-order valence-electron chi connectivity index (χ0n) is 7.20. The predicted molar refractivity (Wildman–Crippen MR) is 43.5 cm³/mol. The van der Waals surface area contributed by atoms with Crippen molar-refractivity contribution in [3.05, 3.63) is 0 Å². The Morgan fingerprint density at radius 1 is 1.58 bits per heavy atom. The van der Waals surface area contributed by atoms with Crippen LogP contribution in [0.3, 0.4) is 0 Å². The number of amides is 1. The first-order valence-corrected chi connectivity index (χ1v) is 3.77. The standard InChI is InChI=1S/C7H14N2O3/c1-3-4(2)9-6(10)5(8)7(11)12/h4-5H,3,8H2,1-2H3,(H,9,10)(H,11,12). The lowest BCUT2D eigenvalue weighted by Gasteiger charge is -2.13. The number of nitrogens with one attached hydrogen (secondary N) is 1. The lowest BCUT2D eigenvalue weighted by atomic mass is 10.2. The maximum Gasteiger partial charge on any atom is 0.330 e. The molecule has 0 saturated heterocycles. The largest absolute Gasteiger partial charge is 0.480 e. The van der Waals surface area contributed by atoms with Gasteiger partial charge in [0.15, 0.2) is 6.04 Å². The maximum absolute atomic E-state index is 10.9. The summed E-state index contributed by atoms with van der Waals surface area (Å²) in [5.74, 6) is -1.95. The molecule has 0 fully saturated rings. The minimum atomic E-state index is -1.46. The predicted octanol–water partition coefficient (Wildman–Crippen LogP) is -0.687. The Balaban J connectivity index is 3.95. The summed E-state index contributed by atoms with van der Waals surface area (Å²) in [6.45, 7) is 3.67. The van der Waals surface area contributed by atoms with Gasteiger partial charge in [0.2, 0.25) is 5.91 Å². The first-order valence-electron chi connectivity index (χ1n) is 3.77. The van der Waals surface area contributed by atoms with E-state index < -0.39 is 17.9 Å². The van der Waals surface area contributed by atoms with Gasteiger partial charge in [-0.25, -0.2) is 4.79 Å². The molecule has 70 valence electrons. The molecule has 12 heavy (non-hydrogen) atoms. The summed E-state index contributed by atoms with van der Waals surface area (Å²) in [4.78, 5) is 21.2. The van der Waals surface area contributed by atoms with Crippen LogP contribution in [0.25, 0.3) is 0 Å². The van der Waals surface area contributed by atoms with Gasteiger partial charge in [0, 0.05) is 6.04 Å². The zero-order valence-corrected chi connectivity index (χ0v) is 7.20. The van der Waals surface area contributed by atoms with Gasteiger partial charge >= 0.3 is 5.97 Å². The number of hydrogen-bond donors (Lipinski definition) is 3. The summed E-state index contributed by atoms with van der Waals surface area (Å²) in [5.41, 5.74) is 5.05. The number of carboxylic acid groups (broad SMARTS) is 1. The van der Waals surface area contributed by atoms with Crippen molar-refractivity contribution in [2.24, 2.45) is 5.73 Å². The first kappa shape index (κ1) is 10.9. The molecule has 0 heterocycles. The van der Waals surface area contributed by atoms with Gasteiger partial charge in [-0.3, -0.25) is 4.79 Å². The number of rotatable bonds is 4. The normalized spacial score (nSPS) is 14.9. The number of carbonyl (C=O) groups is 2. The molecule has 0 aromatic rings. The number of hydrogen-bond acceptors (Lipinski definition) is 3. The van der Waals surface area contributed by atoms with Crippen LogP contribution in [0.2, 0.25) is 0 Å². The Hall–Kier alpha value is -1.10. The van der Waals surface area contributed by atoms with Gasteiger partial charge in [0.25, 0.3) is 0 Å². The van der Waals surface area contributed by atoms with E-state index in [0.29, 0.717) is 0 Å². The van der Waals surface area contributed by atoms with Crippen molar-refractivity contribution in [1.82, 2.24) is 5.32 Å². The van der Waals surface area contributed by atoms with E-state index in [1.807, 2.05) is 6.92 Å². The van der Waals surface area contributed by atoms with E-state index >= 15 is 0 Å². The third-order valence-corrected chi connectivity index (χ3v) is 1.55. The van der Waals surface area contributed by atoms with Crippen LogP contribution in [0.1, 0.15) is 20.3 Å². The SMILES string of the molecule is CCC(C)NC(=O)C(N)C(=O)O. The van der Waals surface area contributed by atoms with E-state index in [0.717, 1.165) is 6.42 Å². The van der Waals surface area contributed by atoms with Crippen LogP contribution in [0.5, 0.6) is 0 Å². The minimum Gasteiger partial charge on any atom is -0.480 e. The lowest BCUT2D eigenvalue weighted by Crippen LogP contribution is -2.48. The molecule has 0 rings (SSSR count). The van der Waals surface area contributed by atoms with Crippen molar-refractivity contribution < 1.29 is 14.7 Å². The molecule has 0 aromatic carbocycles. The molecule has 0 aliphatic carbocycles. The van der Waals surface area contributed by atoms with Crippen molar-refractivity contribution in [2.75, 3.05) is 0 Å². The zero-order chi connectivity index (χ0) is 9.72. The molecule has 0 bridgehead atoms. The lowest BCUT2D eigenvalue weighted by molar-refractivity contribution is -0.142. The number of carbonyl (C=O) groups excluding carboxylic acids is 1. The number of aliphatic carboxylic acids is 1. The fourth-order valence-electron chi connectivity index (χ4n) is 0.547. The number of nitrogens with two attached hydrogens (primary N) is 1. The molecule has 0 aliphatic heterocycles. The van der Waals surface area contributed by atoms with Crippen molar-refractivity contribution in [3.63, 3.8) is 0 Å². The molecule has 0 saturated carbocycles. The molecular weight excluding hydrogens is 160 g/mol. The van der Waals surface area contributed by atoms with Crippen molar-refractivity contribution >= 4 is 11.9 Å². The second-order valence-electron chi connectivity index (χ2n) is 2.63. The Bertz CT molecular complexity index is 181. The fourth-order valence-corrected chi connectivity index (χ4v) is 0.547. The van der Waals surface area contributed by atoms with E-state index in [-0.39, 0.29) is 6.04 Å². The van der Waals surface area contributed by atoms with Gasteiger partial charge in [-0.05, 0) is 13.3 Å². The highest BCUT2D eigenvalue weighted by Gasteiger charge is 2.21. The third kappa shape index (κ3) is 3.34. The minimum absolute atomic E-state index is 0.0390. The average molecular weight is 174 g/mol. The highest BCUT2D eigenvalue weighted by atomic mass is 16.4. The van der Waals surface area contributed by atoms with Gasteiger partial charge in [-0.15, -0.1) is 0 Å². The summed E-state index contributed by atoms with van der Waals surface area (Å²) < 4.78 is 0. The van der Waals surface area contributed by atoms with Crippen LogP contribution >= 0.6 is 0 Å². The van der Waals surface area contributed by atoms with E-state index in [2.05, 4.69) is 5.32 Å². The Morgan fingerprint density at radius 2 is 2.08 bits per heavy atom. The van der Waals surface area contributed by atoms with Crippen LogP contribution in [0.4, 0.5) is 0 Å². The monoisotopic (exact) mass is 174 g/mol. The number of carboxylic acids is 1. The van der Waals surface area contributed by atoms with Crippen molar-refractivity contribution in [2.45, 2.75) is 32.4 Å². The third-order valence-electron chi connectivity index (χ3n) is 1.55. The topological polar surface area (TPSA) is 92.4 Å². The van der Waals surface area contributed by atoms with Gasteiger partial charge in [-0.1, -0.05) is 6.92 Å². The van der Waals surface area contributed by atoms with E-state index in [9.17, 15) is 9.59 Å². The van der Waals surface area contributed by atoms with E-state index in [4.69, 9.17) is 10.8 Å².